The monoisotopic (exact) mass is 342 g/mol. The van der Waals surface area contributed by atoms with E-state index in [9.17, 15) is 4.79 Å². The summed E-state index contributed by atoms with van der Waals surface area (Å²) in [6.07, 6.45) is 3.38. The number of nitrogens with zero attached hydrogens (tertiary/aromatic N) is 1. The molecule has 0 bridgehead atoms. The SMILES string of the molecule is O=C(CCc1ccc(Cl)cc1)NCCCN1CCc2ccccc21. The van der Waals surface area contributed by atoms with E-state index in [1.54, 1.807) is 0 Å². The highest BCUT2D eigenvalue weighted by molar-refractivity contribution is 6.30. The highest BCUT2D eigenvalue weighted by Crippen LogP contribution is 2.27. The van der Waals surface area contributed by atoms with Crippen LogP contribution in [-0.2, 0) is 17.6 Å². The maximum absolute atomic E-state index is 11.9. The lowest BCUT2D eigenvalue weighted by molar-refractivity contribution is -0.121. The number of hydrogen-bond acceptors (Lipinski definition) is 2. The minimum absolute atomic E-state index is 0.117. The maximum Gasteiger partial charge on any atom is 0.220 e. The van der Waals surface area contributed by atoms with E-state index in [0.29, 0.717) is 6.42 Å². The van der Waals surface area contributed by atoms with Crippen molar-refractivity contribution in [1.82, 2.24) is 5.32 Å². The van der Waals surface area contributed by atoms with Gasteiger partial charge in [0.05, 0.1) is 0 Å². The van der Waals surface area contributed by atoms with Crippen molar-refractivity contribution >= 4 is 23.2 Å². The lowest BCUT2D eigenvalue weighted by Crippen LogP contribution is -2.29. The molecule has 0 fully saturated rings. The number of benzene rings is 2. The van der Waals surface area contributed by atoms with Gasteiger partial charge >= 0.3 is 0 Å². The minimum atomic E-state index is 0.117. The summed E-state index contributed by atoms with van der Waals surface area (Å²) in [7, 11) is 0. The molecule has 4 heteroatoms. The number of hydrogen-bond donors (Lipinski definition) is 1. The quantitative estimate of drug-likeness (QED) is 0.775. The molecule has 0 saturated heterocycles. The van der Waals surface area contributed by atoms with Crippen LogP contribution in [0, 0.1) is 0 Å². The summed E-state index contributed by atoms with van der Waals surface area (Å²) in [5.74, 6) is 0.117. The molecule has 2 aromatic carbocycles. The lowest BCUT2D eigenvalue weighted by atomic mass is 10.1. The first kappa shape index (κ1) is 16.8. The van der Waals surface area contributed by atoms with Crippen molar-refractivity contribution in [3.63, 3.8) is 0 Å². The van der Waals surface area contributed by atoms with Gasteiger partial charge in [-0.1, -0.05) is 41.9 Å². The average molecular weight is 343 g/mol. The molecule has 0 spiro atoms. The van der Waals surface area contributed by atoms with Gasteiger partial charge in [-0.05, 0) is 48.6 Å². The Hall–Kier alpha value is -2.00. The van der Waals surface area contributed by atoms with Gasteiger partial charge in [-0.2, -0.15) is 0 Å². The number of rotatable bonds is 7. The topological polar surface area (TPSA) is 32.3 Å². The average Bonchev–Trinajstić information content (AvgIpc) is 3.01. The van der Waals surface area contributed by atoms with E-state index < -0.39 is 0 Å². The van der Waals surface area contributed by atoms with Crippen LogP contribution in [0.5, 0.6) is 0 Å². The molecule has 0 aliphatic carbocycles. The zero-order valence-electron chi connectivity index (χ0n) is 13.8. The minimum Gasteiger partial charge on any atom is -0.371 e. The smallest absolute Gasteiger partial charge is 0.220 e. The number of amides is 1. The first-order valence-corrected chi connectivity index (χ1v) is 8.94. The van der Waals surface area contributed by atoms with Crippen LogP contribution in [0.1, 0.15) is 24.0 Å². The molecule has 0 saturated carbocycles. The molecular formula is C20H23ClN2O. The van der Waals surface area contributed by atoms with Crippen LogP contribution < -0.4 is 10.2 Å². The van der Waals surface area contributed by atoms with Crippen molar-refractivity contribution in [3.05, 3.63) is 64.7 Å². The molecule has 1 N–H and O–H groups in total. The Balaban J connectivity index is 1.33. The highest BCUT2D eigenvalue weighted by atomic mass is 35.5. The number of anilines is 1. The molecule has 0 atom stereocenters. The molecule has 2 aromatic rings. The number of para-hydroxylation sites is 1. The van der Waals surface area contributed by atoms with Crippen molar-refractivity contribution < 1.29 is 4.79 Å². The van der Waals surface area contributed by atoms with Gasteiger partial charge in [-0.25, -0.2) is 0 Å². The Bertz CT molecular complexity index is 684. The maximum atomic E-state index is 11.9. The molecule has 0 unspecified atom stereocenters. The second-order valence-corrected chi connectivity index (χ2v) is 6.63. The number of fused-ring (bicyclic) bond motifs is 1. The van der Waals surface area contributed by atoms with Gasteiger partial charge in [-0.3, -0.25) is 4.79 Å². The van der Waals surface area contributed by atoms with Gasteiger partial charge < -0.3 is 10.2 Å². The Kier molecular flexibility index (Phi) is 5.76. The van der Waals surface area contributed by atoms with Gasteiger partial charge in [0.2, 0.25) is 5.91 Å². The molecule has 1 amide bonds. The first-order chi connectivity index (χ1) is 11.7. The van der Waals surface area contributed by atoms with E-state index in [2.05, 4.69) is 34.5 Å². The van der Waals surface area contributed by atoms with Crippen LogP contribution in [0.25, 0.3) is 0 Å². The fourth-order valence-electron chi connectivity index (χ4n) is 3.13. The summed E-state index contributed by atoms with van der Waals surface area (Å²) in [6, 6.07) is 16.3. The molecule has 126 valence electrons. The summed E-state index contributed by atoms with van der Waals surface area (Å²) < 4.78 is 0. The molecular weight excluding hydrogens is 320 g/mol. The van der Waals surface area contributed by atoms with Crippen molar-refractivity contribution in [2.75, 3.05) is 24.5 Å². The summed E-state index contributed by atoms with van der Waals surface area (Å²) in [4.78, 5) is 14.3. The lowest BCUT2D eigenvalue weighted by Gasteiger charge is -2.19. The van der Waals surface area contributed by atoms with Gasteiger partial charge in [0.15, 0.2) is 0 Å². The van der Waals surface area contributed by atoms with Gasteiger partial charge in [0.25, 0.3) is 0 Å². The third-order valence-corrected chi connectivity index (χ3v) is 4.72. The zero-order chi connectivity index (χ0) is 16.8. The summed E-state index contributed by atoms with van der Waals surface area (Å²) in [6.45, 7) is 2.82. The van der Waals surface area contributed by atoms with Crippen LogP contribution in [-0.4, -0.2) is 25.5 Å². The Morgan fingerprint density at radius 3 is 2.75 bits per heavy atom. The van der Waals surface area contributed by atoms with E-state index in [-0.39, 0.29) is 5.91 Å². The first-order valence-electron chi connectivity index (χ1n) is 8.56. The molecule has 24 heavy (non-hydrogen) atoms. The standard InChI is InChI=1S/C20H23ClN2O/c21-18-9-6-16(7-10-18)8-11-20(24)22-13-3-14-23-15-12-17-4-1-2-5-19(17)23/h1-2,4-7,9-10H,3,8,11-15H2,(H,22,24). The largest absolute Gasteiger partial charge is 0.371 e. The van der Waals surface area contributed by atoms with Crippen molar-refractivity contribution in [2.24, 2.45) is 0 Å². The molecule has 1 aliphatic heterocycles. The third kappa shape index (κ3) is 4.51. The fraction of sp³-hybridized carbons (Fsp3) is 0.350. The number of aryl methyl sites for hydroxylation is 1. The third-order valence-electron chi connectivity index (χ3n) is 4.46. The van der Waals surface area contributed by atoms with Gasteiger partial charge in [0.1, 0.15) is 0 Å². The molecule has 3 rings (SSSR count). The predicted molar refractivity (Wildman–Crippen MR) is 99.8 cm³/mol. The summed E-state index contributed by atoms with van der Waals surface area (Å²) in [5, 5.41) is 3.75. The number of carbonyl (C=O) groups excluding carboxylic acids is 1. The molecule has 0 aromatic heterocycles. The van der Waals surface area contributed by atoms with Crippen LogP contribution in [0.3, 0.4) is 0 Å². The van der Waals surface area contributed by atoms with Crippen molar-refractivity contribution in [1.29, 1.82) is 0 Å². The van der Waals surface area contributed by atoms with Gasteiger partial charge in [0, 0.05) is 36.8 Å². The van der Waals surface area contributed by atoms with E-state index in [4.69, 9.17) is 11.6 Å². The Morgan fingerprint density at radius 2 is 1.92 bits per heavy atom. The second-order valence-electron chi connectivity index (χ2n) is 6.20. The van der Waals surface area contributed by atoms with E-state index >= 15 is 0 Å². The Labute approximate surface area is 148 Å². The van der Waals surface area contributed by atoms with E-state index in [0.717, 1.165) is 49.5 Å². The number of halogens is 1. The number of carbonyl (C=O) groups is 1. The zero-order valence-corrected chi connectivity index (χ0v) is 14.6. The fourth-order valence-corrected chi connectivity index (χ4v) is 3.26. The van der Waals surface area contributed by atoms with Crippen LogP contribution in [0.4, 0.5) is 5.69 Å². The molecule has 0 radical (unpaired) electrons. The Morgan fingerprint density at radius 1 is 1.12 bits per heavy atom. The predicted octanol–water partition coefficient (Wildman–Crippen LogP) is 3.84. The molecule has 1 heterocycles. The van der Waals surface area contributed by atoms with Gasteiger partial charge in [-0.15, -0.1) is 0 Å². The van der Waals surface area contributed by atoms with E-state index in [1.165, 1.54) is 11.3 Å². The van der Waals surface area contributed by atoms with E-state index in [1.807, 2.05) is 24.3 Å². The second kappa shape index (κ2) is 8.20. The molecule has 3 nitrogen and oxygen atoms in total. The van der Waals surface area contributed by atoms with Crippen molar-refractivity contribution in [3.8, 4) is 0 Å². The van der Waals surface area contributed by atoms with Crippen LogP contribution in [0.2, 0.25) is 5.02 Å². The summed E-state index contributed by atoms with van der Waals surface area (Å²) in [5.41, 5.74) is 3.93. The molecule has 1 aliphatic rings. The number of nitrogens with one attached hydrogen (secondary N) is 1. The van der Waals surface area contributed by atoms with Crippen molar-refractivity contribution in [2.45, 2.75) is 25.7 Å². The normalized spacial score (nSPS) is 13.0. The van der Waals surface area contributed by atoms with Crippen LogP contribution >= 0.6 is 11.6 Å². The highest BCUT2D eigenvalue weighted by Gasteiger charge is 2.17. The summed E-state index contributed by atoms with van der Waals surface area (Å²) >= 11 is 5.86. The van der Waals surface area contributed by atoms with Crippen LogP contribution in [0.15, 0.2) is 48.5 Å².